The Labute approximate surface area is 199 Å². The fourth-order valence-electron chi connectivity index (χ4n) is 3.14. The summed E-state index contributed by atoms with van der Waals surface area (Å²) in [5.74, 6) is 3.27. The highest BCUT2D eigenvalue weighted by Crippen LogP contribution is 2.39. The molecule has 0 aliphatic heterocycles. The van der Waals surface area contributed by atoms with Crippen LogP contribution in [0.3, 0.4) is 0 Å². The van der Waals surface area contributed by atoms with Crippen molar-refractivity contribution in [2.24, 2.45) is 10.9 Å². The summed E-state index contributed by atoms with van der Waals surface area (Å²) < 4.78 is 22.2. The maximum atomic E-state index is 5.80. The van der Waals surface area contributed by atoms with Gasteiger partial charge in [0.2, 0.25) is 5.75 Å². The summed E-state index contributed by atoms with van der Waals surface area (Å²) in [5, 5.41) is 6.69. The lowest BCUT2D eigenvalue weighted by Gasteiger charge is -2.20. The van der Waals surface area contributed by atoms with Crippen LogP contribution in [0, 0.1) is 5.92 Å². The van der Waals surface area contributed by atoms with Crippen LogP contribution in [0.5, 0.6) is 17.2 Å². The van der Waals surface area contributed by atoms with Crippen molar-refractivity contribution >= 4 is 29.9 Å². The van der Waals surface area contributed by atoms with Gasteiger partial charge in [0.25, 0.3) is 0 Å². The lowest BCUT2D eigenvalue weighted by molar-refractivity contribution is 0.0266. The maximum Gasteiger partial charge on any atom is 0.203 e. The summed E-state index contributed by atoms with van der Waals surface area (Å²) in [6.07, 6.45) is 1.91. The summed E-state index contributed by atoms with van der Waals surface area (Å²) >= 11 is 0. The Morgan fingerprint density at radius 2 is 1.70 bits per heavy atom. The van der Waals surface area contributed by atoms with Crippen LogP contribution >= 0.6 is 24.0 Å². The summed E-state index contributed by atoms with van der Waals surface area (Å²) in [6.45, 7) is 11.4. The minimum absolute atomic E-state index is 0. The molecular weight excluding hydrogens is 497 g/mol. The predicted octanol–water partition coefficient (Wildman–Crippen LogP) is 3.88. The van der Waals surface area contributed by atoms with Gasteiger partial charge in [0.15, 0.2) is 17.5 Å². The number of methoxy groups -OCH3 is 3. The molecule has 0 saturated carbocycles. The largest absolute Gasteiger partial charge is 0.493 e. The Kier molecular flexibility index (Phi) is 15.5. The molecule has 174 valence electrons. The molecule has 0 fully saturated rings. The molecule has 1 aromatic carbocycles. The molecule has 1 aromatic rings. The third kappa shape index (κ3) is 9.16. The van der Waals surface area contributed by atoms with Gasteiger partial charge < -0.3 is 29.6 Å². The van der Waals surface area contributed by atoms with Gasteiger partial charge in [-0.2, -0.15) is 0 Å². The zero-order valence-electron chi connectivity index (χ0n) is 19.5. The normalized spacial score (nSPS) is 12.2. The van der Waals surface area contributed by atoms with E-state index in [1.807, 2.05) is 19.1 Å². The SMILES string of the molecule is CCNC(=NCCC(OCC)C(C)C)NCCc1ccc(OC)c(OC)c1OC.I. The number of nitrogens with zero attached hydrogens (tertiary/aromatic N) is 1. The molecule has 1 rings (SSSR count). The number of hydrogen-bond acceptors (Lipinski definition) is 5. The Morgan fingerprint density at radius 3 is 2.23 bits per heavy atom. The highest BCUT2D eigenvalue weighted by molar-refractivity contribution is 14.0. The van der Waals surface area contributed by atoms with Crippen molar-refractivity contribution in [2.45, 2.75) is 46.6 Å². The van der Waals surface area contributed by atoms with Crippen LogP contribution in [0.4, 0.5) is 0 Å². The quantitative estimate of drug-likeness (QED) is 0.226. The zero-order valence-corrected chi connectivity index (χ0v) is 21.9. The van der Waals surface area contributed by atoms with Crippen molar-refractivity contribution in [2.75, 3.05) is 47.6 Å². The molecule has 0 aromatic heterocycles. The average molecular weight is 537 g/mol. The van der Waals surface area contributed by atoms with Crippen molar-refractivity contribution in [3.8, 4) is 17.2 Å². The van der Waals surface area contributed by atoms with Crippen molar-refractivity contribution < 1.29 is 18.9 Å². The van der Waals surface area contributed by atoms with Crippen molar-refractivity contribution in [1.29, 1.82) is 0 Å². The zero-order chi connectivity index (χ0) is 21.6. The molecule has 2 N–H and O–H groups in total. The second-order valence-corrected chi connectivity index (χ2v) is 6.96. The third-order valence-corrected chi connectivity index (χ3v) is 4.62. The smallest absolute Gasteiger partial charge is 0.203 e. The molecule has 0 amide bonds. The molecule has 0 spiro atoms. The van der Waals surface area contributed by atoms with Gasteiger partial charge in [-0.25, -0.2) is 0 Å². The van der Waals surface area contributed by atoms with Gasteiger partial charge >= 0.3 is 0 Å². The fourth-order valence-corrected chi connectivity index (χ4v) is 3.14. The van der Waals surface area contributed by atoms with Crippen LogP contribution in [0.25, 0.3) is 0 Å². The molecule has 0 saturated heterocycles. The Hall–Kier alpha value is -1.42. The number of nitrogens with one attached hydrogen (secondary N) is 2. The van der Waals surface area contributed by atoms with Crippen molar-refractivity contribution in [1.82, 2.24) is 10.6 Å². The summed E-state index contributed by atoms with van der Waals surface area (Å²) in [4.78, 5) is 4.69. The molecule has 1 atom stereocenters. The number of halogens is 1. The van der Waals surface area contributed by atoms with E-state index in [1.165, 1.54) is 0 Å². The minimum atomic E-state index is 0. The molecule has 0 heterocycles. The van der Waals surface area contributed by atoms with E-state index in [9.17, 15) is 0 Å². The first-order chi connectivity index (χ1) is 14.0. The van der Waals surface area contributed by atoms with Gasteiger partial charge in [-0.05, 0) is 38.7 Å². The summed E-state index contributed by atoms with van der Waals surface area (Å²) in [6, 6.07) is 3.90. The van der Waals surface area contributed by atoms with E-state index in [4.69, 9.17) is 23.9 Å². The highest BCUT2D eigenvalue weighted by atomic mass is 127. The second-order valence-electron chi connectivity index (χ2n) is 6.96. The molecule has 0 radical (unpaired) electrons. The summed E-state index contributed by atoms with van der Waals surface area (Å²) in [7, 11) is 4.88. The monoisotopic (exact) mass is 537 g/mol. The van der Waals surface area contributed by atoms with Crippen LogP contribution < -0.4 is 24.8 Å². The Balaban J connectivity index is 0.00000841. The van der Waals surface area contributed by atoms with Gasteiger partial charge in [0.1, 0.15) is 0 Å². The molecule has 30 heavy (non-hydrogen) atoms. The number of rotatable bonds is 13. The highest BCUT2D eigenvalue weighted by Gasteiger charge is 2.16. The number of guanidine groups is 1. The number of hydrogen-bond donors (Lipinski definition) is 2. The van der Waals surface area contributed by atoms with E-state index in [1.54, 1.807) is 21.3 Å². The Bertz CT molecular complexity index is 627. The van der Waals surface area contributed by atoms with Gasteiger partial charge in [-0.3, -0.25) is 4.99 Å². The second kappa shape index (κ2) is 16.3. The van der Waals surface area contributed by atoms with E-state index < -0.39 is 0 Å². The topological polar surface area (TPSA) is 73.3 Å². The number of benzene rings is 1. The van der Waals surface area contributed by atoms with Crippen LogP contribution in [0.1, 0.15) is 39.7 Å². The maximum absolute atomic E-state index is 5.80. The van der Waals surface area contributed by atoms with Crippen LogP contribution in [0.15, 0.2) is 17.1 Å². The lowest BCUT2D eigenvalue weighted by atomic mass is 10.0. The first-order valence-corrected chi connectivity index (χ1v) is 10.4. The van der Waals surface area contributed by atoms with Crippen LogP contribution in [0.2, 0.25) is 0 Å². The Morgan fingerprint density at radius 1 is 1.00 bits per heavy atom. The molecule has 8 heteroatoms. The number of ether oxygens (including phenoxy) is 4. The molecule has 1 unspecified atom stereocenters. The van der Waals surface area contributed by atoms with E-state index in [0.717, 1.165) is 50.6 Å². The average Bonchev–Trinajstić information content (AvgIpc) is 2.72. The first-order valence-electron chi connectivity index (χ1n) is 10.4. The third-order valence-electron chi connectivity index (χ3n) is 4.62. The summed E-state index contributed by atoms with van der Waals surface area (Å²) in [5.41, 5.74) is 1.05. The fraction of sp³-hybridized carbons (Fsp3) is 0.682. The van der Waals surface area contributed by atoms with E-state index in [2.05, 4.69) is 31.4 Å². The van der Waals surface area contributed by atoms with Crippen molar-refractivity contribution in [3.63, 3.8) is 0 Å². The standard InChI is InChI=1S/C22H39N3O4.HI/c1-8-23-22(25-15-13-18(16(3)4)29-9-2)24-14-12-17-10-11-19(26-5)21(28-7)20(17)27-6;/h10-11,16,18H,8-9,12-15H2,1-7H3,(H2,23,24,25);1H. The van der Waals surface area contributed by atoms with E-state index >= 15 is 0 Å². The first kappa shape index (κ1) is 28.6. The molecule has 0 aliphatic carbocycles. The van der Waals surface area contributed by atoms with Gasteiger partial charge in [-0.15, -0.1) is 24.0 Å². The predicted molar refractivity (Wildman–Crippen MR) is 134 cm³/mol. The molecule has 7 nitrogen and oxygen atoms in total. The molecule has 0 bridgehead atoms. The van der Waals surface area contributed by atoms with E-state index in [0.29, 0.717) is 23.2 Å². The van der Waals surface area contributed by atoms with Crippen LogP contribution in [-0.2, 0) is 11.2 Å². The van der Waals surface area contributed by atoms with E-state index in [-0.39, 0.29) is 30.1 Å². The lowest BCUT2D eigenvalue weighted by Crippen LogP contribution is -2.38. The van der Waals surface area contributed by atoms with Crippen LogP contribution in [-0.4, -0.2) is 59.6 Å². The number of aliphatic imine (C=N–C) groups is 1. The van der Waals surface area contributed by atoms with Gasteiger partial charge in [0, 0.05) is 31.8 Å². The van der Waals surface area contributed by atoms with Gasteiger partial charge in [0.05, 0.1) is 27.4 Å². The molecule has 0 aliphatic rings. The minimum Gasteiger partial charge on any atom is -0.493 e. The molecular formula is C22H40IN3O4. The van der Waals surface area contributed by atoms with Gasteiger partial charge in [-0.1, -0.05) is 19.9 Å². The van der Waals surface area contributed by atoms with Crippen molar-refractivity contribution in [3.05, 3.63) is 17.7 Å².